The van der Waals surface area contributed by atoms with Crippen molar-refractivity contribution in [3.05, 3.63) is 44.4 Å². The molecule has 0 radical (unpaired) electrons. The standard InChI is InChI=1S/C18H14Br4Cl4O3/c19-5-9(21)7-27-17-13(23)1-11(2-14(17)24)29-12-3-15(25)18(16(26)4-12)28-8-10(22)6-20/h1-4,9-10H,5-8H2. The number of benzene rings is 2. The molecule has 0 spiro atoms. The van der Waals surface area contributed by atoms with Crippen molar-refractivity contribution in [2.75, 3.05) is 23.9 Å². The molecule has 2 aromatic rings. The van der Waals surface area contributed by atoms with E-state index < -0.39 is 0 Å². The van der Waals surface area contributed by atoms with Gasteiger partial charge < -0.3 is 14.2 Å². The molecule has 2 unspecified atom stereocenters. The number of halogens is 8. The van der Waals surface area contributed by atoms with Crippen molar-refractivity contribution in [1.82, 2.24) is 0 Å². The van der Waals surface area contributed by atoms with E-state index >= 15 is 0 Å². The van der Waals surface area contributed by atoms with Crippen LogP contribution in [0.25, 0.3) is 0 Å². The maximum absolute atomic E-state index is 6.30. The maximum Gasteiger partial charge on any atom is 0.156 e. The van der Waals surface area contributed by atoms with Crippen LogP contribution in [-0.2, 0) is 0 Å². The lowest BCUT2D eigenvalue weighted by Gasteiger charge is -2.15. The third-order valence-electron chi connectivity index (χ3n) is 3.33. The number of ether oxygens (including phenoxy) is 3. The summed E-state index contributed by atoms with van der Waals surface area (Å²) in [5.74, 6) is 1.62. The Labute approximate surface area is 223 Å². The molecule has 2 atom stereocenters. The lowest BCUT2D eigenvalue weighted by molar-refractivity contribution is 0.325. The van der Waals surface area contributed by atoms with E-state index in [9.17, 15) is 0 Å². The minimum absolute atomic E-state index is 0.130. The molecule has 29 heavy (non-hydrogen) atoms. The molecule has 2 rings (SSSR count). The van der Waals surface area contributed by atoms with Gasteiger partial charge in [-0.2, -0.15) is 0 Å². The second kappa shape index (κ2) is 12.8. The second-order valence-electron chi connectivity index (χ2n) is 5.66. The van der Waals surface area contributed by atoms with E-state index in [1.165, 1.54) is 0 Å². The highest BCUT2D eigenvalue weighted by atomic mass is 79.9. The van der Waals surface area contributed by atoms with Crippen LogP contribution in [0.4, 0.5) is 0 Å². The van der Waals surface area contributed by atoms with Crippen LogP contribution in [0.15, 0.2) is 24.3 Å². The van der Waals surface area contributed by atoms with Gasteiger partial charge in [-0.3, -0.25) is 0 Å². The Balaban J connectivity index is 2.15. The van der Waals surface area contributed by atoms with E-state index in [0.29, 0.717) is 56.3 Å². The lowest BCUT2D eigenvalue weighted by atomic mass is 10.3. The molecule has 3 nitrogen and oxygen atoms in total. The van der Waals surface area contributed by atoms with Gasteiger partial charge in [0.1, 0.15) is 24.7 Å². The summed E-state index contributed by atoms with van der Waals surface area (Å²) in [6, 6.07) is 6.44. The van der Waals surface area contributed by atoms with Crippen LogP contribution in [0.5, 0.6) is 23.0 Å². The van der Waals surface area contributed by atoms with Gasteiger partial charge in [-0.25, -0.2) is 0 Å². The summed E-state index contributed by atoms with van der Waals surface area (Å²) in [6.07, 6.45) is 0. The quantitative estimate of drug-likeness (QED) is 0.228. The van der Waals surface area contributed by atoms with Gasteiger partial charge in [0, 0.05) is 34.9 Å². The second-order valence-corrected chi connectivity index (χ2v) is 11.2. The van der Waals surface area contributed by atoms with E-state index in [2.05, 4.69) is 63.7 Å². The highest BCUT2D eigenvalue weighted by Crippen LogP contribution is 2.41. The monoisotopic (exact) mass is 734 g/mol. The van der Waals surface area contributed by atoms with E-state index in [4.69, 9.17) is 60.6 Å². The largest absolute Gasteiger partial charge is 0.489 e. The molecule has 0 aliphatic rings. The molecule has 11 heteroatoms. The van der Waals surface area contributed by atoms with Crippen molar-refractivity contribution in [1.29, 1.82) is 0 Å². The fourth-order valence-corrected chi connectivity index (χ4v) is 3.83. The summed E-state index contributed by atoms with van der Waals surface area (Å²) >= 11 is 38.9. The summed E-state index contributed by atoms with van der Waals surface area (Å²) < 4.78 is 17.2. The predicted octanol–water partition coefficient (Wildman–Crippen LogP) is 9.17. The molecule has 0 saturated heterocycles. The first-order valence-corrected chi connectivity index (χ1v) is 13.6. The van der Waals surface area contributed by atoms with Gasteiger partial charge in [0.15, 0.2) is 11.5 Å². The topological polar surface area (TPSA) is 27.7 Å². The highest BCUT2D eigenvalue weighted by molar-refractivity contribution is 9.12. The molecule has 0 heterocycles. The third kappa shape index (κ3) is 8.08. The van der Waals surface area contributed by atoms with Gasteiger partial charge in [0.05, 0.1) is 29.7 Å². The fourth-order valence-electron chi connectivity index (χ4n) is 2.04. The zero-order valence-electron chi connectivity index (χ0n) is 14.5. The Hall–Kier alpha value is 0.920. The minimum atomic E-state index is 0.130. The number of hydrogen-bond acceptors (Lipinski definition) is 3. The van der Waals surface area contributed by atoms with Crippen LogP contribution in [0, 0.1) is 0 Å². The maximum atomic E-state index is 6.30. The van der Waals surface area contributed by atoms with Crippen LogP contribution in [0.3, 0.4) is 0 Å². The minimum Gasteiger partial charge on any atom is -0.489 e. The molecule has 160 valence electrons. The van der Waals surface area contributed by atoms with Crippen molar-refractivity contribution < 1.29 is 14.2 Å². The molecular formula is C18H14Br4Cl4O3. The van der Waals surface area contributed by atoms with Crippen molar-refractivity contribution in [3.8, 4) is 23.0 Å². The molecule has 2 aromatic carbocycles. The summed E-state index contributed by atoms with van der Waals surface area (Å²) in [6.45, 7) is 0.809. The van der Waals surface area contributed by atoms with Crippen molar-refractivity contribution in [2.24, 2.45) is 0 Å². The molecule has 0 aliphatic heterocycles. The van der Waals surface area contributed by atoms with E-state index in [-0.39, 0.29) is 9.65 Å². The average Bonchev–Trinajstić information content (AvgIpc) is 2.66. The first-order valence-electron chi connectivity index (χ1n) is 8.06. The first kappa shape index (κ1) is 26.2. The molecule has 0 aliphatic carbocycles. The summed E-state index contributed by atoms with van der Waals surface area (Å²) in [5, 5.41) is 2.79. The van der Waals surface area contributed by atoms with Crippen LogP contribution < -0.4 is 14.2 Å². The lowest BCUT2D eigenvalue weighted by Crippen LogP contribution is -2.12. The molecule has 0 N–H and O–H groups in total. The molecule has 0 aromatic heterocycles. The highest BCUT2D eigenvalue weighted by Gasteiger charge is 2.16. The molecule has 0 amide bonds. The van der Waals surface area contributed by atoms with Crippen LogP contribution in [0.1, 0.15) is 0 Å². The predicted molar refractivity (Wildman–Crippen MR) is 137 cm³/mol. The Bertz CT molecular complexity index is 727. The third-order valence-corrected chi connectivity index (χ3v) is 8.93. The van der Waals surface area contributed by atoms with Gasteiger partial charge in [-0.05, 0) is 0 Å². The molecular weight excluding hydrogens is 726 g/mol. The van der Waals surface area contributed by atoms with Gasteiger partial charge in [-0.15, -0.1) is 0 Å². The zero-order valence-corrected chi connectivity index (χ0v) is 23.9. The number of hydrogen-bond donors (Lipinski definition) is 0. The van der Waals surface area contributed by atoms with Crippen LogP contribution in [-0.4, -0.2) is 33.5 Å². The molecule has 0 saturated carbocycles. The molecule has 0 fully saturated rings. The van der Waals surface area contributed by atoms with Gasteiger partial charge >= 0.3 is 0 Å². The smallest absolute Gasteiger partial charge is 0.156 e. The van der Waals surface area contributed by atoms with Crippen molar-refractivity contribution in [3.63, 3.8) is 0 Å². The fraction of sp³-hybridized carbons (Fsp3) is 0.333. The van der Waals surface area contributed by atoms with Crippen LogP contribution in [0.2, 0.25) is 20.1 Å². The number of rotatable bonds is 10. The number of alkyl halides is 4. The van der Waals surface area contributed by atoms with Gasteiger partial charge in [0.25, 0.3) is 0 Å². The van der Waals surface area contributed by atoms with E-state index in [0.717, 1.165) is 10.7 Å². The molecule has 0 bridgehead atoms. The Kier molecular flexibility index (Phi) is 11.6. The van der Waals surface area contributed by atoms with Gasteiger partial charge in [0.2, 0.25) is 0 Å². The van der Waals surface area contributed by atoms with E-state index in [1.54, 1.807) is 24.3 Å². The van der Waals surface area contributed by atoms with Crippen molar-refractivity contribution in [2.45, 2.75) is 9.65 Å². The summed E-state index contributed by atoms with van der Waals surface area (Å²) in [4.78, 5) is 0.259. The Morgan fingerprint density at radius 3 is 1.24 bits per heavy atom. The van der Waals surface area contributed by atoms with Crippen LogP contribution >= 0.6 is 110 Å². The normalized spacial score (nSPS) is 13.1. The van der Waals surface area contributed by atoms with Gasteiger partial charge in [-0.1, -0.05) is 110 Å². The first-order chi connectivity index (χ1) is 13.7. The summed E-state index contributed by atoms with van der Waals surface area (Å²) in [5.41, 5.74) is 0. The summed E-state index contributed by atoms with van der Waals surface area (Å²) in [7, 11) is 0. The Morgan fingerprint density at radius 1 is 0.655 bits per heavy atom. The zero-order chi connectivity index (χ0) is 21.6. The SMILES string of the molecule is Clc1cc(Oc2cc(Cl)c(OCC(Br)CBr)c(Cl)c2)cc(Cl)c1OCC(Br)CBr. The van der Waals surface area contributed by atoms with Crippen molar-refractivity contribution >= 4 is 110 Å². The average molecular weight is 740 g/mol. The van der Waals surface area contributed by atoms with E-state index in [1.807, 2.05) is 0 Å². The Morgan fingerprint density at radius 2 is 0.966 bits per heavy atom.